The van der Waals surface area contributed by atoms with E-state index in [-0.39, 0.29) is 0 Å². The van der Waals surface area contributed by atoms with Crippen LogP contribution in [0.4, 0.5) is 0 Å². The van der Waals surface area contributed by atoms with Crippen molar-refractivity contribution in [3.63, 3.8) is 0 Å². The van der Waals surface area contributed by atoms with Gasteiger partial charge in [-0.05, 0) is 37.9 Å². The van der Waals surface area contributed by atoms with Crippen LogP contribution in [0.25, 0.3) is 0 Å². The molecule has 0 aromatic rings. The lowest BCUT2D eigenvalue weighted by atomic mass is 10.1. The summed E-state index contributed by atoms with van der Waals surface area (Å²) in [5.41, 5.74) is 5.49. The third kappa shape index (κ3) is 7.82. The van der Waals surface area contributed by atoms with Crippen molar-refractivity contribution in [3.8, 4) is 0 Å². The number of nitrogens with one attached hydrogen (secondary N) is 1. The summed E-state index contributed by atoms with van der Waals surface area (Å²) in [5, 5.41) is 3.39. The Morgan fingerprint density at radius 1 is 1.27 bits per heavy atom. The Morgan fingerprint density at radius 3 is 2.36 bits per heavy atom. The second-order valence-electron chi connectivity index (χ2n) is 3.73. The highest BCUT2D eigenvalue weighted by molar-refractivity contribution is 4.56. The predicted molar refractivity (Wildman–Crippen MR) is 50.5 cm³/mol. The summed E-state index contributed by atoms with van der Waals surface area (Å²) in [6, 6.07) is 0. The highest BCUT2D eigenvalue weighted by Gasteiger charge is 1.98. The molecule has 0 amide bonds. The molecule has 0 aliphatic carbocycles. The quantitative estimate of drug-likeness (QED) is 0.570. The van der Waals surface area contributed by atoms with Gasteiger partial charge >= 0.3 is 0 Å². The fourth-order valence-electron chi connectivity index (χ4n) is 0.857. The number of nitrogens with two attached hydrogens (primary N) is 1. The molecule has 0 saturated heterocycles. The third-order valence-corrected chi connectivity index (χ3v) is 1.77. The van der Waals surface area contributed by atoms with Crippen LogP contribution in [0, 0.1) is 11.8 Å². The van der Waals surface area contributed by atoms with Crippen molar-refractivity contribution in [2.75, 3.05) is 19.6 Å². The summed E-state index contributed by atoms with van der Waals surface area (Å²) in [6.45, 7) is 9.67. The lowest BCUT2D eigenvalue weighted by Gasteiger charge is -2.10. The zero-order valence-electron chi connectivity index (χ0n) is 8.06. The topological polar surface area (TPSA) is 38.0 Å². The van der Waals surface area contributed by atoms with E-state index in [9.17, 15) is 0 Å². The van der Waals surface area contributed by atoms with E-state index in [1.807, 2.05) is 0 Å². The van der Waals surface area contributed by atoms with Gasteiger partial charge in [0, 0.05) is 0 Å². The van der Waals surface area contributed by atoms with Gasteiger partial charge in [0.2, 0.25) is 0 Å². The van der Waals surface area contributed by atoms with Crippen LogP contribution < -0.4 is 11.1 Å². The molecule has 0 aromatic carbocycles. The lowest BCUT2D eigenvalue weighted by molar-refractivity contribution is 0.482. The fraction of sp³-hybridized carbons (Fsp3) is 1.00. The second-order valence-corrected chi connectivity index (χ2v) is 3.73. The SMILES string of the molecule is CC(C)CNCCC(C)CN. The molecular formula is C9H22N2. The summed E-state index contributed by atoms with van der Waals surface area (Å²) in [4.78, 5) is 0. The van der Waals surface area contributed by atoms with Crippen LogP contribution in [0.3, 0.4) is 0 Å². The molecule has 0 aliphatic heterocycles. The summed E-state index contributed by atoms with van der Waals surface area (Å²) in [7, 11) is 0. The van der Waals surface area contributed by atoms with Crippen molar-refractivity contribution in [3.05, 3.63) is 0 Å². The Kier molecular flexibility index (Phi) is 6.57. The van der Waals surface area contributed by atoms with Crippen molar-refractivity contribution in [1.29, 1.82) is 0 Å². The molecule has 0 radical (unpaired) electrons. The molecule has 0 rings (SSSR count). The van der Waals surface area contributed by atoms with Crippen LogP contribution in [0.15, 0.2) is 0 Å². The molecule has 2 nitrogen and oxygen atoms in total. The van der Waals surface area contributed by atoms with Crippen LogP contribution in [-0.2, 0) is 0 Å². The normalized spacial score (nSPS) is 13.9. The fourth-order valence-corrected chi connectivity index (χ4v) is 0.857. The summed E-state index contributed by atoms with van der Waals surface area (Å²) in [6.07, 6.45) is 1.20. The molecule has 0 bridgehead atoms. The molecular weight excluding hydrogens is 136 g/mol. The average molecular weight is 158 g/mol. The van der Waals surface area contributed by atoms with Crippen LogP contribution in [0.1, 0.15) is 27.2 Å². The van der Waals surface area contributed by atoms with Gasteiger partial charge in [0.15, 0.2) is 0 Å². The van der Waals surface area contributed by atoms with Crippen LogP contribution in [-0.4, -0.2) is 19.6 Å². The monoisotopic (exact) mass is 158 g/mol. The van der Waals surface area contributed by atoms with Crippen LogP contribution in [0.2, 0.25) is 0 Å². The van der Waals surface area contributed by atoms with E-state index >= 15 is 0 Å². The molecule has 0 spiro atoms. The Bertz CT molecular complexity index is 81.6. The molecule has 3 N–H and O–H groups in total. The zero-order chi connectivity index (χ0) is 8.69. The molecule has 1 atom stereocenters. The maximum Gasteiger partial charge on any atom is -0.00258 e. The van der Waals surface area contributed by atoms with E-state index in [0.717, 1.165) is 25.6 Å². The molecule has 11 heavy (non-hydrogen) atoms. The van der Waals surface area contributed by atoms with E-state index in [1.54, 1.807) is 0 Å². The Morgan fingerprint density at radius 2 is 1.91 bits per heavy atom. The van der Waals surface area contributed by atoms with E-state index in [1.165, 1.54) is 6.42 Å². The molecule has 0 aromatic heterocycles. The van der Waals surface area contributed by atoms with Gasteiger partial charge in [-0.25, -0.2) is 0 Å². The lowest BCUT2D eigenvalue weighted by Crippen LogP contribution is -2.24. The van der Waals surface area contributed by atoms with Crippen molar-refractivity contribution in [2.45, 2.75) is 27.2 Å². The van der Waals surface area contributed by atoms with E-state index in [0.29, 0.717) is 5.92 Å². The number of rotatable bonds is 6. The van der Waals surface area contributed by atoms with Crippen molar-refractivity contribution in [1.82, 2.24) is 5.32 Å². The number of hydrogen-bond donors (Lipinski definition) is 2. The highest BCUT2D eigenvalue weighted by Crippen LogP contribution is 1.96. The van der Waals surface area contributed by atoms with Crippen LogP contribution in [0.5, 0.6) is 0 Å². The Hall–Kier alpha value is -0.0800. The van der Waals surface area contributed by atoms with Gasteiger partial charge in [0.05, 0.1) is 0 Å². The Labute approximate surface area is 70.5 Å². The van der Waals surface area contributed by atoms with E-state index in [4.69, 9.17) is 5.73 Å². The standard InChI is InChI=1S/C9H22N2/c1-8(2)7-11-5-4-9(3)6-10/h8-9,11H,4-7,10H2,1-3H3. The molecule has 0 saturated carbocycles. The first kappa shape index (κ1) is 10.9. The minimum absolute atomic E-state index is 0.662. The van der Waals surface area contributed by atoms with E-state index in [2.05, 4.69) is 26.1 Å². The summed E-state index contributed by atoms with van der Waals surface area (Å²) in [5.74, 6) is 1.41. The molecule has 0 aliphatic rings. The number of hydrogen-bond acceptors (Lipinski definition) is 2. The molecule has 1 unspecified atom stereocenters. The van der Waals surface area contributed by atoms with Gasteiger partial charge in [-0.3, -0.25) is 0 Å². The largest absolute Gasteiger partial charge is 0.330 e. The van der Waals surface area contributed by atoms with Gasteiger partial charge in [-0.1, -0.05) is 20.8 Å². The van der Waals surface area contributed by atoms with Crippen molar-refractivity contribution in [2.24, 2.45) is 17.6 Å². The van der Waals surface area contributed by atoms with Crippen LogP contribution >= 0.6 is 0 Å². The van der Waals surface area contributed by atoms with Gasteiger partial charge in [-0.2, -0.15) is 0 Å². The third-order valence-electron chi connectivity index (χ3n) is 1.77. The summed E-state index contributed by atoms with van der Waals surface area (Å²) >= 11 is 0. The first-order valence-electron chi connectivity index (χ1n) is 4.57. The maximum atomic E-state index is 5.49. The smallest absolute Gasteiger partial charge is 0.00258 e. The summed E-state index contributed by atoms with van der Waals surface area (Å²) < 4.78 is 0. The van der Waals surface area contributed by atoms with Gasteiger partial charge in [0.25, 0.3) is 0 Å². The Balaban J connectivity index is 3.01. The molecule has 0 fully saturated rings. The highest BCUT2D eigenvalue weighted by atomic mass is 14.8. The first-order valence-corrected chi connectivity index (χ1v) is 4.57. The van der Waals surface area contributed by atoms with Gasteiger partial charge in [-0.15, -0.1) is 0 Å². The predicted octanol–water partition coefficient (Wildman–Crippen LogP) is 1.22. The first-order chi connectivity index (χ1) is 5.16. The van der Waals surface area contributed by atoms with Gasteiger partial charge in [0.1, 0.15) is 0 Å². The molecule has 0 heterocycles. The molecule has 2 heteroatoms. The minimum atomic E-state index is 0.662. The van der Waals surface area contributed by atoms with Crippen molar-refractivity contribution < 1.29 is 0 Å². The van der Waals surface area contributed by atoms with Gasteiger partial charge < -0.3 is 11.1 Å². The zero-order valence-corrected chi connectivity index (χ0v) is 8.06. The van der Waals surface area contributed by atoms with E-state index < -0.39 is 0 Å². The van der Waals surface area contributed by atoms with Crippen molar-refractivity contribution >= 4 is 0 Å². The molecule has 68 valence electrons. The average Bonchev–Trinajstić information content (AvgIpc) is 1.97. The maximum absolute atomic E-state index is 5.49. The minimum Gasteiger partial charge on any atom is -0.330 e. The second kappa shape index (κ2) is 6.62.